The molecule has 2 rings (SSSR count). The lowest BCUT2D eigenvalue weighted by atomic mass is 10.2. The number of aliphatic hydroxyl groups is 1. The summed E-state index contributed by atoms with van der Waals surface area (Å²) in [6.07, 6.45) is 3.88. The molecule has 1 aromatic rings. The smallest absolute Gasteiger partial charge is 0.246 e. The van der Waals surface area contributed by atoms with Gasteiger partial charge in [0.25, 0.3) is 0 Å². The van der Waals surface area contributed by atoms with Gasteiger partial charge in [-0.1, -0.05) is 6.08 Å². The highest BCUT2D eigenvalue weighted by molar-refractivity contribution is 5.93. The van der Waals surface area contributed by atoms with Crippen LogP contribution in [0, 0.1) is 5.82 Å². The molecule has 0 heterocycles. The lowest BCUT2D eigenvalue weighted by Gasteiger charge is -2.13. The number of nitrogens with one attached hydrogen (secondary N) is 1. The second-order valence-electron chi connectivity index (χ2n) is 4.75. The van der Waals surface area contributed by atoms with Gasteiger partial charge in [0.05, 0.1) is 0 Å². The average molecular weight is 279 g/mol. The molecule has 1 amide bonds. The number of aliphatic hydroxyl groups excluding tert-OH is 1. The number of amides is 1. The maximum Gasteiger partial charge on any atom is 0.246 e. The fraction of sp³-hybridized carbons (Fsp3) is 0.400. The van der Waals surface area contributed by atoms with E-state index in [0.29, 0.717) is 5.75 Å². The predicted molar refractivity (Wildman–Crippen MR) is 72.8 cm³/mol. The number of carbonyl (C=O) groups excluding carboxylic acids is 1. The van der Waals surface area contributed by atoms with Crippen LogP contribution in [0.15, 0.2) is 35.9 Å². The molecule has 0 saturated heterocycles. The first-order valence-corrected chi connectivity index (χ1v) is 6.69. The molecular weight excluding hydrogens is 261 g/mol. The van der Waals surface area contributed by atoms with E-state index in [0.717, 1.165) is 24.8 Å². The van der Waals surface area contributed by atoms with Crippen molar-refractivity contribution in [2.24, 2.45) is 0 Å². The van der Waals surface area contributed by atoms with Gasteiger partial charge in [-0.3, -0.25) is 4.79 Å². The average Bonchev–Trinajstić information content (AvgIpc) is 2.98. The summed E-state index contributed by atoms with van der Waals surface area (Å²) in [5, 5.41) is 12.4. The first-order valence-electron chi connectivity index (χ1n) is 6.69. The fourth-order valence-electron chi connectivity index (χ4n) is 1.98. The van der Waals surface area contributed by atoms with Gasteiger partial charge >= 0.3 is 0 Å². The van der Waals surface area contributed by atoms with E-state index >= 15 is 0 Å². The molecule has 0 aromatic heterocycles. The van der Waals surface area contributed by atoms with Crippen molar-refractivity contribution in [3.8, 4) is 5.75 Å². The van der Waals surface area contributed by atoms with Crippen LogP contribution in [0.25, 0.3) is 0 Å². The molecule has 1 aliphatic carbocycles. The van der Waals surface area contributed by atoms with Crippen molar-refractivity contribution in [3.05, 3.63) is 41.7 Å². The van der Waals surface area contributed by atoms with Crippen molar-refractivity contribution in [1.29, 1.82) is 0 Å². The number of hydrogen-bond donors (Lipinski definition) is 2. The Morgan fingerprint density at radius 2 is 2.15 bits per heavy atom. The second-order valence-corrected chi connectivity index (χ2v) is 4.75. The summed E-state index contributed by atoms with van der Waals surface area (Å²) in [4.78, 5) is 11.7. The molecule has 1 unspecified atom stereocenters. The minimum atomic E-state index is -0.800. The van der Waals surface area contributed by atoms with Gasteiger partial charge in [-0.2, -0.15) is 0 Å². The number of hydrogen-bond acceptors (Lipinski definition) is 3. The van der Waals surface area contributed by atoms with E-state index in [1.807, 2.05) is 6.08 Å². The Hall–Kier alpha value is -1.88. The highest BCUT2D eigenvalue weighted by Crippen LogP contribution is 2.17. The molecule has 0 radical (unpaired) electrons. The number of rotatable bonds is 6. The minimum absolute atomic E-state index is 0.0466. The van der Waals surface area contributed by atoms with Crippen LogP contribution in [0.3, 0.4) is 0 Å². The normalized spacial score (nSPS) is 15.6. The summed E-state index contributed by atoms with van der Waals surface area (Å²) in [7, 11) is 0. The van der Waals surface area contributed by atoms with Crippen LogP contribution in [-0.4, -0.2) is 30.3 Å². The Morgan fingerprint density at radius 3 is 2.80 bits per heavy atom. The Labute approximate surface area is 117 Å². The maximum atomic E-state index is 12.7. The van der Waals surface area contributed by atoms with Gasteiger partial charge in [0.2, 0.25) is 5.91 Å². The Morgan fingerprint density at radius 1 is 1.40 bits per heavy atom. The van der Waals surface area contributed by atoms with Crippen molar-refractivity contribution in [2.45, 2.75) is 25.4 Å². The molecule has 4 nitrogen and oxygen atoms in total. The zero-order valence-corrected chi connectivity index (χ0v) is 11.1. The zero-order valence-electron chi connectivity index (χ0n) is 11.1. The quantitative estimate of drug-likeness (QED) is 0.834. The van der Waals surface area contributed by atoms with Crippen molar-refractivity contribution in [3.63, 3.8) is 0 Å². The van der Waals surface area contributed by atoms with Crippen molar-refractivity contribution < 1.29 is 19.0 Å². The molecular formula is C15H18FNO3. The van der Waals surface area contributed by atoms with E-state index in [1.54, 1.807) is 0 Å². The summed E-state index contributed by atoms with van der Waals surface area (Å²) >= 11 is 0. The van der Waals surface area contributed by atoms with Crippen LogP contribution in [0.1, 0.15) is 19.3 Å². The van der Waals surface area contributed by atoms with Crippen molar-refractivity contribution in [1.82, 2.24) is 5.32 Å². The first-order chi connectivity index (χ1) is 9.65. The topological polar surface area (TPSA) is 58.6 Å². The van der Waals surface area contributed by atoms with Gasteiger partial charge in [0.1, 0.15) is 24.3 Å². The largest absolute Gasteiger partial charge is 0.491 e. The summed E-state index contributed by atoms with van der Waals surface area (Å²) < 4.78 is 18.0. The summed E-state index contributed by atoms with van der Waals surface area (Å²) in [6, 6.07) is 5.56. The van der Waals surface area contributed by atoms with E-state index in [9.17, 15) is 14.3 Å². The van der Waals surface area contributed by atoms with Crippen LogP contribution in [0.2, 0.25) is 0 Å². The monoisotopic (exact) mass is 279 g/mol. The van der Waals surface area contributed by atoms with Gasteiger partial charge in [-0.15, -0.1) is 0 Å². The molecule has 0 spiro atoms. The molecule has 0 fully saturated rings. The van der Waals surface area contributed by atoms with Gasteiger partial charge in [-0.25, -0.2) is 4.39 Å². The van der Waals surface area contributed by atoms with Gasteiger partial charge in [-0.05, 0) is 43.5 Å². The zero-order chi connectivity index (χ0) is 14.4. The van der Waals surface area contributed by atoms with E-state index in [1.165, 1.54) is 24.3 Å². The number of halogens is 1. The number of allylic oxidation sites excluding steroid dienone is 1. The standard InChI is InChI=1S/C15H18FNO3/c16-12-5-7-14(8-6-12)20-10-13(18)9-17-15(19)11-3-1-2-4-11/h3,5-8,13,18H,1-2,4,9-10H2,(H,17,19). The van der Waals surface area contributed by atoms with Crippen molar-refractivity contribution in [2.75, 3.05) is 13.2 Å². The number of ether oxygens (including phenoxy) is 1. The highest BCUT2D eigenvalue weighted by atomic mass is 19.1. The molecule has 5 heteroatoms. The number of benzene rings is 1. The Balaban J connectivity index is 1.68. The lowest BCUT2D eigenvalue weighted by molar-refractivity contribution is -0.118. The SMILES string of the molecule is O=C(NCC(O)COc1ccc(F)cc1)C1=CCCC1. The van der Waals surface area contributed by atoms with Crippen LogP contribution in [0.5, 0.6) is 5.75 Å². The molecule has 20 heavy (non-hydrogen) atoms. The fourth-order valence-corrected chi connectivity index (χ4v) is 1.98. The maximum absolute atomic E-state index is 12.7. The van der Waals surface area contributed by atoms with E-state index in [4.69, 9.17) is 4.74 Å². The van der Waals surface area contributed by atoms with E-state index in [2.05, 4.69) is 5.32 Å². The summed E-state index contributed by atoms with van der Waals surface area (Å²) in [5.74, 6) is 0.0219. The van der Waals surface area contributed by atoms with Crippen LogP contribution >= 0.6 is 0 Å². The third-order valence-corrected chi connectivity index (χ3v) is 3.09. The highest BCUT2D eigenvalue weighted by Gasteiger charge is 2.14. The van der Waals surface area contributed by atoms with E-state index in [-0.39, 0.29) is 24.9 Å². The summed E-state index contributed by atoms with van der Waals surface area (Å²) in [6.45, 7) is 0.183. The second kappa shape index (κ2) is 7.05. The van der Waals surface area contributed by atoms with Crippen molar-refractivity contribution >= 4 is 5.91 Å². The number of carbonyl (C=O) groups is 1. The first kappa shape index (κ1) is 14.5. The molecule has 1 atom stereocenters. The molecule has 0 aliphatic heterocycles. The van der Waals surface area contributed by atoms with Crippen LogP contribution in [0.4, 0.5) is 4.39 Å². The third-order valence-electron chi connectivity index (χ3n) is 3.09. The Kier molecular flexibility index (Phi) is 5.12. The molecule has 2 N–H and O–H groups in total. The lowest BCUT2D eigenvalue weighted by Crippen LogP contribution is -2.35. The predicted octanol–water partition coefficient (Wildman–Crippen LogP) is 1.79. The summed E-state index contributed by atoms with van der Waals surface area (Å²) in [5.41, 5.74) is 0.789. The molecule has 0 saturated carbocycles. The third kappa shape index (κ3) is 4.35. The molecule has 108 valence electrons. The molecule has 1 aliphatic rings. The van der Waals surface area contributed by atoms with E-state index < -0.39 is 6.10 Å². The van der Waals surface area contributed by atoms with Gasteiger partial charge in [0, 0.05) is 12.1 Å². The molecule has 1 aromatic carbocycles. The molecule has 0 bridgehead atoms. The van der Waals surface area contributed by atoms with Crippen LogP contribution in [-0.2, 0) is 4.79 Å². The van der Waals surface area contributed by atoms with Gasteiger partial charge in [0.15, 0.2) is 0 Å². The van der Waals surface area contributed by atoms with Crippen LogP contribution < -0.4 is 10.1 Å². The van der Waals surface area contributed by atoms with Gasteiger partial charge < -0.3 is 15.2 Å². The Bertz CT molecular complexity index is 484. The minimum Gasteiger partial charge on any atom is -0.491 e.